The van der Waals surface area contributed by atoms with Gasteiger partial charge in [-0.1, -0.05) is 6.07 Å². The lowest BCUT2D eigenvalue weighted by Crippen LogP contribution is -2.22. The van der Waals surface area contributed by atoms with Crippen LogP contribution in [0.5, 0.6) is 0 Å². The molecule has 3 aromatic rings. The molecule has 1 aromatic carbocycles. The lowest BCUT2D eigenvalue weighted by Gasteiger charge is -2.11. The Kier molecular flexibility index (Phi) is 5.75. The number of nitrogens with zero attached hydrogens (tertiary/aromatic N) is 1. The summed E-state index contributed by atoms with van der Waals surface area (Å²) in [5.41, 5.74) is 1.52. The summed E-state index contributed by atoms with van der Waals surface area (Å²) in [5, 5.41) is 7.76. The van der Waals surface area contributed by atoms with Crippen LogP contribution < -0.4 is 10.6 Å². The number of thiazole rings is 1. The summed E-state index contributed by atoms with van der Waals surface area (Å²) in [4.78, 5) is 29.4. The first-order valence-electron chi connectivity index (χ1n) is 7.86. The number of thioether (sulfide) groups is 1. The van der Waals surface area contributed by atoms with Crippen molar-refractivity contribution < 1.29 is 14.0 Å². The minimum atomic E-state index is -0.318. The highest BCUT2D eigenvalue weighted by atomic mass is 32.2. The minimum absolute atomic E-state index is 0.116. The summed E-state index contributed by atoms with van der Waals surface area (Å²) in [6.45, 7) is 3.71. The topological polar surface area (TPSA) is 84.2 Å². The Hall–Kier alpha value is -2.58. The monoisotopic (exact) mass is 387 g/mol. The second kappa shape index (κ2) is 8.20. The van der Waals surface area contributed by atoms with Gasteiger partial charge in [0.05, 0.1) is 17.2 Å². The zero-order chi connectivity index (χ0) is 18.5. The standard InChI is InChI=1S/C18H17N3O3S2/c1-11-10-25-18(19-11)21-16(22)12(2)26-14-6-3-5-13(9-14)20-17(23)15-7-4-8-24-15/h3-10,12H,1-2H3,(H,20,23)(H,19,21,22). The van der Waals surface area contributed by atoms with Crippen LogP contribution in [-0.4, -0.2) is 22.0 Å². The van der Waals surface area contributed by atoms with E-state index in [9.17, 15) is 9.59 Å². The third-order valence-electron chi connectivity index (χ3n) is 3.37. The zero-order valence-corrected chi connectivity index (χ0v) is 15.8. The molecule has 0 radical (unpaired) electrons. The van der Waals surface area contributed by atoms with E-state index in [1.54, 1.807) is 18.2 Å². The average molecular weight is 387 g/mol. The minimum Gasteiger partial charge on any atom is -0.459 e. The average Bonchev–Trinajstić information content (AvgIpc) is 3.27. The maximum atomic E-state index is 12.3. The molecule has 0 bridgehead atoms. The molecule has 0 saturated carbocycles. The fourth-order valence-electron chi connectivity index (χ4n) is 2.12. The molecule has 0 spiro atoms. The molecule has 0 aliphatic heterocycles. The van der Waals surface area contributed by atoms with Crippen molar-refractivity contribution in [2.45, 2.75) is 24.0 Å². The van der Waals surface area contributed by atoms with Crippen LogP contribution in [0.2, 0.25) is 0 Å². The first-order chi connectivity index (χ1) is 12.5. The molecule has 2 aromatic heterocycles. The third-order valence-corrected chi connectivity index (χ3v) is 5.34. The molecule has 0 aliphatic carbocycles. The molecule has 2 amide bonds. The number of furan rings is 1. The fourth-order valence-corrected chi connectivity index (χ4v) is 3.74. The van der Waals surface area contributed by atoms with Gasteiger partial charge < -0.3 is 15.1 Å². The predicted molar refractivity (Wildman–Crippen MR) is 104 cm³/mol. The Morgan fingerprint density at radius 3 is 2.77 bits per heavy atom. The Morgan fingerprint density at radius 2 is 2.08 bits per heavy atom. The molecule has 134 valence electrons. The summed E-state index contributed by atoms with van der Waals surface area (Å²) < 4.78 is 5.08. The normalized spacial score (nSPS) is 11.8. The van der Waals surface area contributed by atoms with Gasteiger partial charge in [0.2, 0.25) is 5.91 Å². The first kappa shape index (κ1) is 18.2. The number of hydrogen-bond donors (Lipinski definition) is 2. The van der Waals surface area contributed by atoms with E-state index in [4.69, 9.17) is 4.42 Å². The van der Waals surface area contributed by atoms with Crippen molar-refractivity contribution in [2.75, 3.05) is 10.6 Å². The molecule has 2 N–H and O–H groups in total. The van der Waals surface area contributed by atoms with Crippen molar-refractivity contribution in [3.63, 3.8) is 0 Å². The zero-order valence-electron chi connectivity index (χ0n) is 14.2. The number of hydrogen-bond acceptors (Lipinski definition) is 6. The molecule has 26 heavy (non-hydrogen) atoms. The quantitative estimate of drug-likeness (QED) is 0.612. The van der Waals surface area contributed by atoms with E-state index in [0.29, 0.717) is 10.8 Å². The highest BCUT2D eigenvalue weighted by Crippen LogP contribution is 2.27. The van der Waals surface area contributed by atoms with Crippen LogP contribution in [0.1, 0.15) is 23.2 Å². The summed E-state index contributed by atoms with van der Waals surface area (Å²) in [6, 6.07) is 10.6. The van der Waals surface area contributed by atoms with Gasteiger partial charge in [-0.25, -0.2) is 4.98 Å². The Balaban J connectivity index is 1.60. The second-order valence-corrected chi connectivity index (χ2v) is 7.77. The summed E-state index contributed by atoms with van der Waals surface area (Å²) in [5.74, 6) is -0.189. The van der Waals surface area contributed by atoms with Gasteiger partial charge in [-0.3, -0.25) is 9.59 Å². The lowest BCUT2D eigenvalue weighted by molar-refractivity contribution is -0.115. The molecular weight excluding hydrogens is 370 g/mol. The Bertz CT molecular complexity index is 906. The Labute approximate surface area is 159 Å². The van der Waals surface area contributed by atoms with Gasteiger partial charge in [0, 0.05) is 16.0 Å². The van der Waals surface area contributed by atoms with Crippen molar-refractivity contribution in [1.82, 2.24) is 4.98 Å². The molecule has 0 fully saturated rings. The highest BCUT2D eigenvalue weighted by Gasteiger charge is 2.16. The molecule has 8 heteroatoms. The number of aromatic nitrogens is 1. The van der Waals surface area contributed by atoms with Gasteiger partial charge in [-0.05, 0) is 44.2 Å². The van der Waals surface area contributed by atoms with Gasteiger partial charge >= 0.3 is 0 Å². The third kappa shape index (κ3) is 4.74. The van der Waals surface area contributed by atoms with Gasteiger partial charge in [0.1, 0.15) is 0 Å². The summed E-state index contributed by atoms with van der Waals surface area (Å²) in [7, 11) is 0. The molecule has 1 unspecified atom stereocenters. The van der Waals surface area contributed by atoms with Crippen LogP contribution >= 0.6 is 23.1 Å². The van der Waals surface area contributed by atoms with E-state index in [0.717, 1.165) is 10.6 Å². The molecule has 0 aliphatic rings. The van der Waals surface area contributed by atoms with Gasteiger partial charge in [-0.2, -0.15) is 0 Å². The second-order valence-electron chi connectivity index (χ2n) is 5.50. The first-order valence-corrected chi connectivity index (χ1v) is 9.62. The maximum Gasteiger partial charge on any atom is 0.291 e. The Morgan fingerprint density at radius 1 is 1.23 bits per heavy atom. The van der Waals surface area contributed by atoms with Crippen LogP contribution in [0.25, 0.3) is 0 Å². The van der Waals surface area contributed by atoms with Crippen LogP contribution in [0.4, 0.5) is 10.8 Å². The molecule has 3 rings (SSSR count). The number of anilines is 2. The number of benzene rings is 1. The predicted octanol–water partition coefficient (Wildman–Crippen LogP) is 4.42. The van der Waals surface area contributed by atoms with E-state index in [2.05, 4.69) is 15.6 Å². The van der Waals surface area contributed by atoms with Crippen LogP contribution in [-0.2, 0) is 4.79 Å². The number of nitrogens with one attached hydrogen (secondary N) is 2. The van der Waals surface area contributed by atoms with Crippen molar-refractivity contribution in [2.24, 2.45) is 0 Å². The van der Waals surface area contributed by atoms with Crippen LogP contribution in [0.3, 0.4) is 0 Å². The number of carbonyl (C=O) groups excluding carboxylic acids is 2. The molecule has 6 nitrogen and oxygen atoms in total. The number of rotatable bonds is 6. The van der Waals surface area contributed by atoms with E-state index < -0.39 is 0 Å². The molecular formula is C18H17N3O3S2. The number of aryl methyl sites for hydroxylation is 1. The van der Waals surface area contributed by atoms with Crippen molar-refractivity contribution >= 4 is 45.7 Å². The van der Waals surface area contributed by atoms with Crippen molar-refractivity contribution in [3.8, 4) is 0 Å². The summed E-state index contributed by atoms with van der Waals surface area (Å²) >= 11 is 2.81. The summed E-state index contributed by atoms with van der Waals surface area (Å²) in [6.07, 6.45) is 1.45. The number of amides is 2. The molecule has 1 atom stereocenters. The van der Waals surface area contributed by atoms with E-state index >= 15 is 0 Å². The smallest absolute Gasteiger partial charge is 0.291 e. The highest BCUT2D eigenvalue weighted by molar-refractivity contribution is 8.00. The fraction of sp³-hybridized carbons (Fsp3) is 0.167. The van der Waals surface area contributed by atoms with Gasteiger partial charge in [0.25, 0.3) is 5.91 Å². The SMILES string of the molecule is Cc1csc(NC(=O)C(C)Sc2cccc(NC(=O)c3ccco3)c2)n1. The van der Waals surface area contributed by atoms with Crippen molar-refractivity contribution in [1.29, 1.82) is 0 Å². The van der Waals surface area contributed by atoms with Crippen LogP contribution in [0.15, 0.2) is 57.4 Å². The van der Waals surface area contributed by atoms with Crippen molar-refractivity contribution in [3.05, 3.63) is 59.5 Å². The van der Waals surface area contributed by atoms with E-state index in [1.165, 1.54) is 29.4 Å². The van der Waals surface area contributed by atoms with Gasteiger partial charge in [-0.15, -0.1) is 23.1 Å². The number of carbonyl (C=O) groups is 2. The lowest BCUT2D eigenvalue weighted by atomic mass is 10.3. The van der Waals surface area contributed by atoms with E-state index in [1.807, 2.05) is 37.4 Å². The molecule has 0 saturated heterocycles. The maximum absolute atomic E-state index is 12.3. The molecule has 2 heterocycles. The van der Waals surface area contributed by atoms with E-state index in [-0.39, 0.29) is 22.8 Å². The van der Waals surface area contributed by atoms with Gasteiger partial charge in [0.15, 0.2) is 10.9 Å². The van der Waals surface area contributed by atoms with Crippen LogP contribution in [0, 0.1) is 6.92 Å². The largest absolute Gasteiger partial charge is 0.459 e.